The number of hydrogen-bond donors (Lipinski definition) is 1. The minimum absolute atomic E-state index is 0.0133. The van der Waals surface area contributed by atoms with Crippen LogP contribution in [0.4, 0.5) is 4.39 Å². The Kier molecular flexibility index (Phi) is 2.84. The third-order valence-electron chi connectivity index (χ3n) is 1.48. The Labute approximate surface area is 74.8 Å². The van der Waals surface area contributed by atoms with Crippen LogP contribution in [0.15, 0.2) is 12.1 Å². The van der Waals surface area contributed by atoms with E-state index in [0.717, 1.165) is 12.1 Å². The summed E-state index contributed by atoms with van der Waals surface area (Å²) in [6.45, 7) is 2.01. The molecule has 3 nitrogen and oxygen atoms in total. The van der Waals surface area contributed by atoms with Gasteiger partial charge in [0.05, 0.1) is 12.2 Å². The van der Waals surface area contributed by atoms with Crippen LogP contribution in [0.5, 0.6) is 11.5 Å². The van der Waals surface area contributed by atoms with Crippen LogP contribution in [0, 0.1) is 5.82 Å². The molecular formula is C9H9FO3. The monoisotopic (exact) mass is 184 g/mol. The molecule has 0 bridgehead atoms. The molecule has 0 fully saturated rings. The largest absolute Gasteiger partial charge is 0.504 e. The number of ether oxygens (including phenoxy) is 1. The first-order valence-electron chi connectivity index (χ1n) is 3.79. The highest BCUT2D eigenvalue weighted by Gasteiger charge is 2.10. The van der Waals surface area contributed by atoms with Gasteiger partial charge in [0.15, 0.2) is 17.8 Å². The molecule has 1 aromatic carbocycles. The Morgan fingerprint density at radius 2 is 2.31 bits per heavy atom. The van der Waals surface area contributed by atoms with E-state index in [1.165, 1.54) is 0 Å². The summed E-state index contributed by atoms with van der Waals surface area (Å²) in [5.74, 6) is -0.995. The zero-order chi connectivity index (χ0) is 9.84. The summed E-state index contributed by atoms with van der Waals surface area (Å²) in [5.41, 5.74) is 0.0133. The van der Waals surface area contributed by atoms with E-state index >= 15 is 0 Å². The number of phenols is 1. The summed E-state index contributed by atoms with van der Waals surface area (Å²) >= 11 is 0. The standard InChI is InChI=1S/C9H9FO3/c1-2-13-9-6(5-11)3-7(10)4-8(9)12/h3-5,12H,2H2,1H3. The number of phenolic OH excluding ortho intramolecular Hbond substituents is 1. The average Bonchev–Trinajstić information content (AvgIpc) is 2.09. The molecule has 1 aromatic rings. The van der Waals surface area contributed by atoms with Crippen molar-refractivity contribution in [2.45, 2.75) is 6.92 Å². The van der Waals surface area contributed by atoms with Gasteiger partial charge in [0, 0.05) is 6.07 Å². The molecule has 0 aliphatic carbocycles. The summed E-state index contributed by atoms with van der Waals surface area (Å²) in [6.07, 6.45) is 0.438. The maximum absolute atomic E-state index is 12.7. The topological polar surface area (TPSA) is 46.5 Å². The van der Waals surface area contributed by atoms with E-state index < -0.39 is 5.82 Å². The number of carbonyl (C=O) groups is 1. The van der Waals surface area contributed by atoms with Gasteiger partial charge in [0.25, 0.3) is 0 Å². The van der Waals surface area contributed by atoms with Crippen LogP contribution in [0.3, 0.4) is 0 Å². The van der Waals surface area contributed by atoms with Gasteiger partial charge >= 0.3 is 0 Å². The molecule has 0 radical (unpaired) electrons. The predicted octanol–water partition coefficient (Wildman–Crippen LogP) is 1.74. The van der Waals surface area contributed by atoms with Gasteiger partial charge in [-0.3, -0.25) is 4.79 Å². The van der Waals surface area contributed by atoms with Gasteiger partial charge in [-0.15, -0.1) is 0 Å². The quantitative estimate of drug-likeness (QED) is 0.728. The van der Waals surface area contributed by atoms with Crippen LogP contribution < -0.4 is 4.74 Å². The molecule has 1 N–H and O–H groups in total. The second kappa shape index (κ2) is 3.89. The van der Waals surface area contributed by atoms with Gasteiger partial charge in [0.1, 0.15) is 5.82 Å². The molecular weight excluding hydrogens is 175 g/mol. The molecule has 0 amide bonds. The van der Waals surface area contributed by atoms with Gasteiger partial charge in [0.2, 0.25) is 0 Å². The molecule has 0 saturated carbocycles. The third kappa shape index (κ3) is 1.96. The lowest BCUT2D eigenvalue weighted by Gasteiger charge is -2.07. The molecule has 0 aromatic heterocycles. The highest BCUT2D eigenvalue weighted by Crippen LogP contribution is 2.30. The van der Waals surface area contributed by atoms with Crippen LogP contribution in [0.25, 0.3) is 0 Å². The van der Waals surface area contributed by atoms with E-state index in [9.17, 15) is 14.3 Å². The lowest BCUT2D eigenvalue weighted by molar-refractivity contribution is 0.111. The molecule has 70 valence electrons. The molecule has 0 aliphatic rings. The van der Waals surface area contributed by atoms with Crippen molar-refractivity contribution in [3.05, 3.63) is 23.5 Å². The lowest BCUT2D eigenvalue weighted by Crippen LogP contribution is -1.97. The van der Waals surface area contributed by atoms with E-state index in [1.807, 2.05) is 0 Å². The summed E-state index contributed by atoms with van der Waals surface area (Å²) < 4.78 is 17.6. The summed E-state index contributed by atoms with van der Waals surface area (Å²) in [4.78, 5) is 10.4. The van der Waals surface area contributed by atoms with Gasteiger partial charge in [-0.2, -0.15) is 0 Å². The first-order valence-corrected chi connectivity index (χ1v) is 3.79. The Bertz CT molecular complexity index is 323. The van der Waals surface area contributed by atoms with E-state index in [-0.39, 0.29) is 17.1 Å². The highest BCUT2D eigenvalue weighted by molar-refractivity contribution is 5.81. The fourth-order valence-corrected chi connectivity index (χ4v) is 0.989. The maximum atomic E-state index is 12.7. The van der Waals surface area contributed by atoms with Gasteiger partial charge in [-0.05, 0) is 13.0 Å². The molecule has 0 spiro atoms. The Balaban J connectivity index is 3.21. The number of hydrogen-bond acceptors (Lipinski definition) is 3. The van der Waals surface area contributed by atoms with Crippen molar-refractivity contribution in [2.75, 3.05) is 6.61 Å². The zero-order valence-electron chi connectivity index (χ0n) is 7.08. The molecule has 0 saturated heterocycles. The Morgan fingerprint density at radius 3 is 2.85 bits per heavy atom. The minimum atomic E-state index is -0.664. The van der Waals surface area contributed by atoms with Crippen LogP contribution in [-0.4, -0.2) is 18.0 Å². The molecule has 0 atom stereocenters. The number of halogens is 1. The van der Waals surface area contributed by atoms with E-state index in [4.69, 9.17) is 4.74 Å². The van der Waals surface area contributed by atoms with E-state index in [2.05, 4.69) is 0 Å². The van der Waals surface area contributed by atoms with E-state index in [1.54, 1.807) is 6.92 Å². The van der Waals surface area contributed by atoms with Crippen LogP contribution in [0.1, 0.15) is 17.3 Å². The first kappa shape index (κ1) is 9.51. The molecule has 13 heavy (non-hydrogen) atoms. The second-order valence-electron chi connectivity index (χ2n) is 2.39. The smallest absolute Gasteiger partial charge is 0.171 e. The molecule has 4 heteroatoms. The van der Waals surface area contributed by atoms with Crippen molar-refractivity contribution in [1.82, 2.24) is 0 Å². The SMILES string of the molecule is CCOc1c(O)cc(F)cc1C=O. The third-order valence-corrected chi connectivity index (χ3v) is 1.48. The number of aldehydes is 1. The number of benzene rings is 1. The van der Waals surface area contributed by atoms with Crippen molar-refractivity contribution in [2.24, 2.45) is 0 Å². The second-order valence-corrected chi connectivity index (χ2v) is 2.39. The van der Waals surface area contributed by atoms with Crippen molar-refractivity contribution in [3.8, 4) is 11.5 Å². The fourth-order valence-electron chi connectivity index (χ4n) is 0.989. The number of carbonyl (C=O) groups excluding carboxylic acids is 1. The van der Waals surface area contributed by atoms with Crippen LogP contribution in [0.2, 0.25) is 0 Å². The van der Waals surface area contributed by atoms with Gasteiger partial charge in [-0.25, -0.2) is 4.39 Å². The Hall–Kier alpha value is -1.58. The fraction of sp³-hybridized carbons (Fsp3) is 0.222. The molecule has 0 heterocycles. The number of rotatable bonds is 3. The zero-order valence-corrected chi connectivity index (χ0v) is 7.08. The van der Waals surface area contributed by atoms with Crippen LogP contribution in [-0.2, 0) is 0 Å². The summed E-state index contributed by atoms with van der Waals surface area (Å²) in [5, 5.41) is 9.21. The first-order chi connectivity index (χ1) is 6.19. The molecule has 0 unspecified atom stereocenters. The molecule has 0 aliphatic heterocycles. The van der Waals surface area contributed by atoms with Crippen molar-refractivity contribution in [3.63, 3.8) is 0 Å². The van der Waals surface area contributed by atoms with Crippen molar-refractivity contribution in [1.29, 1.82) is 0 Å². The summed E-state index contributed by atoms with van der Waals surface area (Å²) in [6, 6.07) is 1.91. The highest BCUT2D eigenvalue weighted by atomic mass is 19.1. The average molecular weight is 184 g/mol. The van der Waals surface area contributed by atoms with Crippen molar-refractivity contribution >= 4 is 6.29 Å². The lowest BCUT2D eigenvalue weighted by atomic mass is 10.2. The van der Waals surface area contributed by atoms with Crippen LogP contribution >= 0.6 is 0 Å². The summed E-state index contributed by atoms with van der Waals surface area (Å²) in [7, 11) is 0. The predicted molar refractivity (Wildman–Crippen MR) is 44.6 cm³/mol. The van der Waals surface area contributed by atoms with Gasteiger partial charge in [-0.1, -0.05) is 0 Å². The van der Waals surface area contributed by atoms with E-state index in [0.29, 0.717) is 12.9 Å². The molecule has 1 rings (SSSR count). The minimum Gasteiger partial charge on any atom is -0.504 e. The Morgan fingerprint density at radius 1 is 1.62 bits per heavy atom. The van der Waals surface area contributed by atoms with Gasteiger partial charge < -0.3 is 9.84 Å². The maximum Gasteiger partial charge on any atom is 0.171 e. The number of aromatic hydroxyl groups is 1. The normalized spacial score (nSPS) is 9.69. The van der Waals surface area contributed by atoms with Crippen molar-refractivity contribution < 1.29 is 19.0 Å².